The third-order valence-corrected chi connectivity index (χ3v) is 6.21. The van der Waals surface area contributed by atoms with E-state index in [-0.39, 0.29) is 11.6 Å². The molecular weight excluding hydrogens is 361 g/mol. The lowest BCUT2D eigenvalue weighted by Gasteiger charge is -2.44. The lowest BCUT2D eigenvalue weighted by Crippen LogP contribution is -2.66. The zero-order valence-electron chi connectivity index (χ0n) is 14.6. The van der Waals surface area contributed by atoms with Gasteiger partial charge in [-0.25, -0.2) is 12.8 Å². The van der Waals surface area contributed by atoms with Gasteiger partial charge in [-0.1, -0.05) is 18.9 Å². The Bertz CT molecular complexity index is 821. The van der Waals surface area contributed by atoms with Crippen LogP contribution in [-0.2, 0) is 19.6 Å². The van der Waals surface area contributed by atoms with Crippen molar-refractivity contribution in [1.29, 1.82) is 0 Å². The molecule has 2 aliphatic rings. The number of nitrogens with zero attached hydrogens (tertiary/aromatic N) is 2. The van der Waals surface area contributed by atoms with Crippen LogP contribution in [0.2, 0.25) is 0 Å². The first-order valence-corrected chi connectivity index (χ1v) is 10.4. The van der Waals surface area contributed by atoms with E-state index in [1.807, 2.05) is 0 Å². The normalized spacial score (nSPS) is 19.5. The zero-order chi connectivity index (χ0) is 18.9. The molecule has 0 aromatic heterocycles. The van der Waals surface area contributed by atoms with Gasteiger partial charge in [-0.2, -0.15) is 0 Å². The average molecular weight is 383 g/mol. The molecule has 26 heavy (non-hydrogen) atoms. The average Bonchev–Trinajstić information content (AvgIpc) is 3.04. The van der Waals surface area contributed by atoms with E-state index in [2.05, 4.69) is 5.32 Å². The Morgan fingerprint density at radius 3 is 2.65 bits per heavy atom. The highest BCUT2D eigenvalue weighted by atomic mass is 32.2. The van der Waals surface area contributed by atoms with Crippen molar-refractivity contribution in [1.82, 2.24) is 10.2 Å². The molecule has 1 spiro atoms. The fourth-order valence-electron chi connectivity index (χ4n) is 3.84. The van der Waals surface area contributed by atoms with Crippen LogP contribution in [0.4, 0.5) is 10.1 Å². The summed E-state index contributed by atoms with van der Waals surface area (Å²) in [5, 5.41) is 2.81. The number of benzene rings is 1. The summed E-state index contributed by atoms with van der Waals surface area (Å²) in [5.41, 5.74) is -0.803. The molecule has 1 saturated heterocycles. The summed E-state index contributed by atoms with van der Waals surface area (Å²) in [6.45, 7) is 0.216. The number of nitrogens with one attached hydrogen (secondary N) is 1. The molecular formula is C17H22FN3O4S. The number of halogens is 1. The predicted octanol–water partition coefficient (Wildman–Crippen LogP) is 0.863. The van der Waals surface area contributed by atoms with Gasteiger partial charge in [0, 0.05) is 13.1 Å². The molecule has 0 radical (unpaired) electrons. The van der Waals surface area contributed by atoms with Crippen molar-refractivity contribution in [2.75, 3.05) is 30.2 Å². The van der Waals surface area contributed by atoms with Crippen molar-refractivity contribution in [2.45, 2.75) is 31.2 Å². The summed E-state index contributed by atoms with van der Waals surface area (Å²) in [6.07, 6.45) is 3.81. The van der Waals surface area contributed by atoms with Gasteiger partial charge in [0.05, 0.1) is 11.9 Å². The van der Waals surface area contributed by atoms with Crippen LogP contribution in [0.5, 0.6) is 0 Å². The van der Waals surface area contributed by atoms with Crippen LogP contribution >= 0.6 is 0 Å². The minimum Gasteiger partial charge on any atom is -0.352 e. The van der Waals surface area contributed by atoms with E-state index in [4.69, 9.17) is 0 Å². The molecule has 1 aliphatic heterocycles. The number of hydrogen-bond donors (Lipinski definition) is 1. The van der Waals surface area contributed by atoms with Gasteiger partial charge in [-0.05, 0) is 31.0 Å². The molecule has 1 saturated carbocycles. The van der Waals surface area contributed by atoms with Crippen LogP contribution < -0.4 is 9.62 Å². The third kappa shape index (κ3) is 3.40. The SMILES string of the molecule is CS(=O)(=O)N(CC(=O)N1CCNC(=O)C12CCCC2)c1cccc(F)c1. The van der Waals surface area contributed by atoms with Crippen LogP contribution in [0.25, 0.3) is 0 Å². The second kappa shape index (κ2) is 6.86. The first-order chi connectivity index (χ1) is 12.2. The number of rotatable bonds is 4. The number of amides is 2. The molecule has 0 bridgehead atoms. The lowest BCUT2D eigenvalue weighted by atomic mass is 9.91. The maximum Gasteiger partial charge on any atom is 0.246 e. The summed E-state index contributed by atoms with van der Waals surface area (Å²) in [4.78, 5) is 26.9. The fourth-order valence-corrected chi connectivity index (χ4v) is 4.68. The maximum atomic E-state index is 13.5. The second-order valence-corrected chi connectivity index (χ2v) is 8.70. The minimum absolute atomic E-state index is 0.0859. The molecule has 1 heterocycles. The van der Waals surface area contributed by atoms with Gasteiger partial charge >= 0.3 is 0 Å². The van der Waals surface area contributed by atoms with Gasteiger partial charge in [-0.15, -0.1) is 0 Å². The molecule has 2 amide bonds. The predicted molar refractivity (Wildman–Crippen MR) is 94.5 cm³/mol. The van der Waals surface area contributed by atoms with E-state index in [0.717, 1.165) is 29.5 Å². The van der Waals surface area contributed by atoms with Crippen LogP contribution in [-0.4, -0.2) is 56.6 Å². The fraction of sp³-hybridized carbons (Fsp3) is 0.529. The van der Waals surface area contributed by atoms with E-state index < -0.39 is 33.8 Å². The summed E-state index contributed by atoms with van der Waals surface area (Å²) < 4.78 is 38.8. The highest BCUT2D eigenvalue weighted by molar-refractivity contribution is 7.92. The van der Waals surface area contributed by atoms with Crippen LogP contribution in [0.3, 0.4) is 0 Å². The number of anilines is 1. The summed E-state index contributed by atoms with van der Waals surface area (Å²) >= 11 is 0. The topological polar surface area (TPSA) is 86.8 Å². The van der Waals surface area contributed by atoms with E-state index in [0.29, 0.717) is 25.9 Å². The summed E-state index contributed by atoms with van der Waals surface area (Å²) in [6, 6.07) is 5.10. The van der Waals surface area contributed by atoms with Crippen molar-refractivity contribution in [3.63, 3.8) is 0 Å². The van der Waals surface area contributed by atoms with Gasteiger partial charge in [0.2, 0.25) is 21.8 Å². The largest absolute Gasteiger partial charge is 0.352 e. The minimum atomic E-state index is -3.80. The summed E-state index contributed by atoms with van der Waals surface area (Å²) in [5.74, 6) is -1.21. The summed E-state index contributed by atoms with van der Waals surface area (Å²) in [7, 11) is -3.80. The quantitative estimate of drug-likeness (QED) is 0.836. The van der Waals surface area contributed by atoms with E-state index in [9.17, 15) is 22.4 Å². The van der Waals surface area contributed by atoms with E-state index in [1.165, 1.54) is 23.1 Å². The first kappa shape index (κ1) is 18.6. The molecule has 9 heteroatoms. The molecule has 7 nitrogen and oxygen atoms in total. The Kier molecular flexibility index (Phi) is 4.92. The first-order valence-electron chi connectivity index (χ1n) is 8.56. The molecule has 1 aromatic carbocycles. The van der Waals surface area contributed by atoms with Crippen molar-refractivity contribution < 1.29 is 22.4 Å². The molecule has 0 unspecified atom stereocenters. The van der Waals surface area contributed by atoms with Crippen molar-refractivity contribution in [3.8, 4) is 0 Å². The van der Waals surface area contributed by atoms with Crippen molar-refractivity contribution >= 4 is 27.5 Å². The van der Waals surface area contributed by atoms with Gasteiger partial charge in [0.1, 0.15) is 17.9 Å². The van der Waals surface area contributed by atoms with E-state index in [1.54, 1.807) is 0 Å². The lowest BCUT2D eigenvalue weighted by molar-refractivity contribution is -0.150. The highest BCUT2D eigenvalue weighted by Gasteiger charge is 2.50. The van der Waals surface area contributed by atoms with Crippen LogP contribution in [0, 0.1) is 5.82 Å². The molecule has 2 fully saturated rings. The smallest absolute Gasteiger partial charge is 0.246 e. The highest BCUT2D eigenvalue weighted by Crippen LogP contribution is 2.37. The number of hydrogen-bond acceptors (Lipinski definition) is 4. The standard InChI is InChI=1S/C17H22FN3O4S/c1-26(24,25)21(14-6-4-5-13(18)11-14)12-15(22)20-10-9-19-16(23)17(20)7-2-3-8-17/h4-6,11H,2-3,7-10,12H2,1H3,(H,19,23). The zero-order valence-corrected chi connectivity index (χ0v) is 15.4. The number of carbonyl (C=O) groups is 2. The molecule has 1 aromatic rings. The van der Waals surface area contributed by atoms with Gasteiger partial charge in [-0.3, -0.25) is 13.9 Å². The van der Waals surface area contributed by atoms with Gasteiger partial charge in [0.15, 0.2) is 0 Å². The number of piperazine rings is 1. The van der Waals surface area contributed by atoms with Crippen LogP contribution in [0.1, 0.15) is 25.7 Å². The Labute approximate surface area is 152 Å². The number of carbonyl (C=O) groups excluding carboxylic acids is 2. The Morgan fingerprint density at radius 2 is 2.04 bits per heavy atom. The maximum absolute atomic E-state index is 13.5. The Balaban J connectivity index is 1.89. The molecule has 1 N–H and O–H groups in total. The molecule has 3 rings (SSSR count). The Hall–Kier alpha value is -2.16. The number of sulfonamides is 1. The van der Waals surface area contributed by atoms with Gasteiger partial charge < -0.3 is 10.2 Å². The van der Waals surface area contributed by atoms with E-state index >= 15 is 0 Å². The third-order valence-electron chi connectivity index (χ3n) is 5.07. The van der Waals surface area contributed by atoms with Gasteiger partial charge in [0.25, 0.3) is 0 Å². The molecule has 142 valence electrons. The Morgan fingerprint density at radius 1 is 1.35 bits per heavy atom. The van der Waals surface area contributed by atoms with Crippen molar-refractivity contribution in [2.24, 2.45) is 0 Å². The van der Waals surface area contributed by atoms with Crippen molar-refractivity contribution in [3.05, 3.63) is 30.1 Å². The molecule has 0 atom stereocenters. The second-order valence-electron chi connectivity index (χ2n) is 6.79. The van der Waals surface area contributed by atoms with Crippen LogP contribution in [0.15, 0.2) is 24.3 Å². The molecule has 1 aliphatic carbocycles. The monoisotopic (exact) mass is 383 g/mol.